The number of hydrogen-bond acceptors (Lipinski definition) is 4. The van der Waals surface area contributed by atoms with Crippen LogP contribution in [0, 0.1) is 5.92 Å². The quantitative estimate of drug-likeness (QED) is 0.488. The summed E-state index contributed by atoms with van der Waals surface area (Å²) in [6.45, 7) is 6.65. The second-order valence-electron chi connectivity index (χ2n) is 4.86. The molecule has 17 heavy (non-hydrogen) atoms. The normalized spacial score (nSPS) is 25.1. The molecule has 0 saturated carbocycles. The van der Waals surface area contributed by atoms with Crippen molar-refractivity contribution in [3.05, 3.63) is 21.9 Å². The Morgan fingerprint density at radius 3 is 2.94 bits per heavy atom. The van der Waals surface area contributed by atoms with E-state index >= 15 is 0 Å². The topological polar surface area (TPSA) is 58.4 Å². The second-order valence-corrected chi connectivity index (χ2v) is 6.03. The van der Waals surface area contributed by atoms with Crippen molar-refractivity contribution >= 4 is 17.2 Å². The van der Waals surface area contributed by atoms with Gasteiger partial charge in [0.25, 0.3) is 5.91 Å². The number of thiophene rings is 1. The van der Waals surface area contributed by atoms with E-state index in [9.17, 15) is 4.79 Å². The Bertz CT molecular complexity index is 404. The van der Waals surface area contributed by atoms with Gasteiger partial charge < -0.3 is 0 Å². The van der Waals surface area contributed by atoms with Crippen molar-refractivity contribution < 1.29 is 4.79 Å². The van der Waals surface area contributed by atoms with Gasteiger partial charge in [0.2, 0.25) is 0 Å². The van der Waals surface area contributed by atoms with Crippen LogP contribution in [0.15, 0.2) is 12.1 Å². The van der Waals surface area contributed by atoms with Crippen molar-refractivity contribution in [2.45, 2.75) is 32.9 Å². The number of amides is 1. The molecule has 4 nitrogen and oxygen atoms in total. The zero-order chi connectivity index (χ0) is 12.4. The highest BCUT2D eigenvalue weighted by atomic mass is 32.1. The molecule has 1 fully saturated rings. The summed E-state index contributed by atoms with van der Waals surface area (Å²) >= 11 is 1.52. The van der Waals surface area contributed by atoms with E-state index in [1.165, 1.54) is 22.6 Å². The molecular formula is C12H19N3OS. The molecule has 0 spiro atoms. The van der Waals surface area contributed by atoms with Gasteiger partial charge in [-0.05, 0) is 31.4 Å². The monoisotopic (exact) mass is 253 g/mol. The summed E-state index contributed by atoms with van der Waals surface area (Å²) in [5, 5.41) is 0. The van der Waals surface area contributed by atoms with E-state index in [1.807, 2.05) is 12.1 Å². The molecule has 0 radical (unpaired) electrons. The number of nitrogens with two attached hydrogens (primary N) is 1. The van der Waals surface area contributed by atoms with Crippen LogP contribution in [0.3, 0.4) is 0 Å². The molecule has 1 aromatic rings. The molecule has 0 bridgehead atoms. The molecule has 5 heteroatoms. The van der Waals surface area contributed by atoms with Crippen LogP contribution in [0.5, 0.6) is 0 Å². The molecule has 2 atom stereocenters. The Labute approximate surface area is 106 Å². The van der Waals surface area contributed by atoms with Crippen LogP contribution in [0.4, 0.5) is 0 Å². The molecule has 0 aromatic carbocycles. The van der Waals surface area contributed by atoms with Crippen LogP contribution in [0.25, 0.3) is 0 Å². The van der Waals surface area contributed by atoms with Gasteiger partial charge in [-0.25, -0.2) is 5.84 Å². The molecule has 1 aromatic heterocycles. The minimum absolute atomic E-state index is 0.205. The SMILES string of the molecule is CC1CC(C)N(Cc2ccc(C(=O)NN)s2)C1. The lowest BCUT2D eigenvalue weighted by Gasteiger charge is -2.19. The van der Waals surface area contributed by atoms with Crippen LogP contribution in [-0.4, -0.2) is 23.4 Å². The summed E-state index contributed by atoms with van der Waals surface area (Å²) in [5.74, 6) is 5.68. The van der Waals surface area contributed by atoms with Gasteiger partial charge in [0, 0.05) is 24.0 Å². The molecule has 2 heterocycles. The third kappa shape index (κ3) is 2.86. The third-order valence-electron chi connectivity index (χ3n) is 3.29. The maximum atomic E-state index is 11.3. The van der Waals surface area contributed by atoms with Gasteiger partial charge in [0.1, 0.15) is 0 Å². The maximum absolute atomic E-state index is 11.3. The predicted molar refractivity (Wildman–Crippen MR) is 69.6 cm³/mol. The first-order valence-electron chi connectivity index (χ1n) is 5.94. The van der Waals surface area contributed by atoms with Crippen LogP contribution in [-0.2, 0) is 6.54 Å². The second kappa shape index (κ2) is 5.16. The van der Waals surface area contributed by atoms with Crippen molar-refractivity contribution in [3.63, 3.8) is 0 Å². The van der Waals surface area contributed by atoms with Gasteiger partial charge in [0.05, 0.1) is 4.88 Å². The Balaban J connectivity index is 1.99. The minimum atomic E-state index is -0.205. The van der Waals surface area contributed by atoms with Crippen molar-refractivity contribution in [2.75, 3.05) is 6.54 Å². The molecule has 1 amide bonds. The average Bonchev–Trinajstić information content (AvgIpc) is 2.86. The summed E-state index contributed by atoms with van der Waals surface area (Å²) < 4.78 is 0. The fourth-order valence-electron chi connectivity index (χ4n) is 2.46. The highest BCUT2D eigenvalue weighted by Crippen LogP contribution is 2.26. The van der Waals surface area contributed by atoms with Gasteiger partial charge in [-0.2, -0.15) is 0 Å². The number of nitrogen functional groups attached to an aromatic ring is 1. The number of nitrogens with one attached hydrogen (secondary N) is 1. The number of likely N-dealkylation sites (tertiary alicyclic amines) is 1. The zero-order valence-corrected chi connectivity index (χ0v) is 11.1. The van der Waals surface area contributed by atoms with Gasteiger partial charge in [0.15, 0.2) is 0 Å². The van der Waals surface area contributed by atoms with Gasteiger partial charge >= 0.3 is 0 Å². The Morgan fingerprint density at radius 2 is 2.35 bits per heavy atom. The third-order valence-corrected chi connectivity index (χ3v) is 4.36. The Morgan fingerprint density at radius 1 is 1.59 bits per heavy atom. The summed E-state index contributed by atoms with van der Waals surface area (Å²) in [7, 11) is 0. The fraction of sp³-hybridized carbons (Fsp3) is 0.583. The number of hydrazine groups is 1. The number of rotatable bonds is 3. The van der Waals surface area contributed by atoms with E-state index in [2.05, 4.69) is 24.2 Å². The summed E-state index contributed by atoms with van der Waals surface area (Å²) in [6, 6.07) is 4.50. The molecule has 1 aliphatic heterocycles. The number of hydrogen-bond donors (Lipinski definition) is 2. The van der Waals surface area contributed by atoms with E-state index < -0.39 is 0 Å². The van der Waals surface area contributed by atoms with Crippen molar-refractivity contribution in [1.82, 2.24) is 10.3 Å². The molecule has 0 aliphatic carbocycles. The molecule has 1 aliphatic rings. The van der Waals surface area contributed by atoms with Crippen molar-refractivity contribution in [2.24, 2.45) is 11.8 Å². The van der Waals surface area contributed by atoms with Crippen LogP contribution < -0.4 is 11.3 Å². The summed E-state index contributed by atoms with van der Waals surface area (Å²) in [6.07, 6.45) is 1.27. The highest BCUT2D eigenvalue weighted by molar-refractivity contribution is 7.14. The van der Waals surface area contributed by atoms with Gasteiger partial charge in [-0.3, -0.25) is 15.1 Å². The first-order valence-corrected chi connectivity index (χ1v) is 6.75. The first-order chi connectivity index (χ1) is 8.10. The van der Waals surface area contributed by atoms with E-state index in [-0.39, 0.29) is 5.91 Å². The van der Waals surface area contributed by atoms with Gasteiger partial charge in [-0.15, -0.1) is 11.3 Å². The summed E-state index contributed by atoms with van der Waals surface area (Å²) in [4.78, 5) is 15.7. The largest absolute Gasteiger partial charge is 0.295 e. The molecule has 3 N–H and O–H groups in total. The van der Waals surface area contributed by atoms with Crippen LogP contribution in [0.1, 0.15) is 34.8 Å². The fourth-order valence-corrected chi connectivity index (χ4v) is 3.40. The molecule has 2 rings (SSSR count). The summed E-state index contributed by atoms with van der Waals surface area (Å²) in [5.41, 5.74) is 2.16. The van der Waals surface area contributed by atoms with Crippen molar-refractivity contribution in [3.8, 4) is 0 Å². The predicted octanol–water partition coefficient (Wildman–Crippen LogP) is 1.58. The number of carbonyl (C=O) groups excluding carboxylic acids is 1. The Kier molecular flexibility index (Phi) is 3.81. The lowest BCUT2D eigenvalue weighted by atomic mass is 10.1. The van der Waals surface area contributed by atoms with E-state index in [4.69, 9.17) is 5.84 Å². The van der Waals surface area contributed by atoms with Crippen LogP contribution >= 0.6 is 11.3 Å². The van der Waals surface area contributed by atoms with Gasteiger partial charge in [-0.1, -0.05) is 6.92 Å². The molecular weight excluding hydrogens is 234 g/mol. The molecule has 94 valence electrons. The van der Waals surface area contributed by atoms with Crippen molar-refractivity contribution in [1.29, 1.82) is 0 Å². The van der Waals surface area contributed by atoms with Crippen LogP contribution in [0.2, 0.25) is 0 Å². The number of carbonyl (C=O) groups is 1. The zero-order valence-electron chi connectivity index (χ0n) is 10.3. The van der Waals surface area contributed by atoms with E-state index in [1.54, 1.807) is 0 Å². The maximum Gasteiger partial charge on any atom is 0.275 e. The smallest absolute Gasteiger partial charge is 0.275 e. The lowest BCUT2D eigenvalue weighted by Crippen LogP contribution is -2.29. The number of nitrogens with zero attached hydrogens (tertiary/aromatic N) is 1. The average molecular weight is 253 g/mol. The Hall–Kier alpha value is -0.910. The highest BCUT2D eigenvalue weighted by Gasteiger charge is 2.26. The van der Waals surface area contributed by atoms with E-state index in [0.717, 1.165) is 19.0 Å². The molecule has 2 unspecified atom stereocenters. The first kappa shape index (κ1) is 12.5. The lowest BCUT2D eigenvalue weighted by molar-refractivity contribution is 0.0957. The standard InChI is InChI=1S/C12H19N3OS/c1-8-5-9(2)15(6-8)7-10-3-4-11(17-10)12(16)14-13/h3-4,8-9H,5-7,13H2,1-2H3,(H,14,16). The van der Waals surface area contributed by atoms with E-state index in [0.29, 0.717) is 10.9 Å². The molecule has 1 saturated heterocycles. The minimum Gasteiger partial charge on any atom is -0.295 e.